The zero-order valence-electron chi connectivity index (χ0n) is 7.29. The summed E-state index contributed by atoms with van der Waals surface area (Å²) in [5.74, 6) is -0.217. The third-order valence-electron chi connectivity index (χ3n) is 3.00. The van der Waals surface area contributed by atoms with Gasteiger partial charge in [-0.25, -0.2) is 0 Å². The van der Waals surface area contributed by atoms with Gasteiger partial charge in [-0.05, 0) is 13.3 Å². The maximum absolute atomic E-state index is 11.5. The van der Waals surface area contributed by atoms with Crippen molar-refractivity contribution in [3.8, 4) is 0 Å². The Morgan fingerprint density at radius 3 is 3.15 bits per heavy atom. The molecule has 2 bridgehead atoms. The van der Waals surface area contributed by atoms with E-state index < -0.39 is 5.41 Å². The van der Waals surface area contributed by atoms with Crippen molar-refractivity contribution in [3.63, 3.8) is 0 Å². The summed E-state index contributed by atoms with van der Waals surface area (Å²) in [4.78, 5) is 11.5. The first-order chi connectivity index (χ1) is 6.08. The number of hydrogen-bond donors (Lipinski definition) is 1. The van der Waals surface area contributed by atoms with E-state index in [9.17, 15) is 4.79 Å². The molecule has 72 valence electrons. The van der Waals surface area contributed by atoms with Crippen LogP contribution in [0.1, 0.15) is 13.3 Å². The molecule has 0 amide bonds. The number of aliphatic hydroxyl groups is 1. The molecule has 3 rings (SSSR count). The SMILES string of the molecule is C[C@@]12C=C(Br)[C@@H](C[C@H]1CO)OC2=O. The van der Waals surface area contributed by atoms with Crippen LogP contribution in [-0.2, 0) is 9.53 Å². The minimum atomic E-state index is -0.637. The van der Waals surface area contributed by atoms with Crippen LogP contribution in [0.5, 0.6) is 0 Å². The van der Waals surface area contributed by atoms with Crippen molar-refractivity contribution in [2.45, 2.75) is 19.4 Å². The highest BCUT2D eigenvalue weighted by molar-refractivity contribution is 9.11. The lowest BCUT2D eigenvalue weighted by molar-refractivity contribution is -0.172. The number of rotatable bonds is 1. The smallest absolute Gasteiger partial charge is 0.316 e. The van der Waals surface area contributed by atoms with Crippen LogP contribution in [0.4, 0.5) is 0 Å². The Morgan fingerprint density at radius 1 is 1.85 bits per heavy atom. The van der Waals surface area contributed by atoms with E-state index in [1.807, 2.05) is 13.0 Å². The molecule has 3 aliphatic rings. The molecule has 0 aromatic heterocycles. The van der Waals surface area contributed by atoms with Crippen LogP contribution in [-0.4, -0.2) is 23.8 Å². The van der Waals surface area contributed by atoms with Crippen LogP contribution in [0.15, 0.2) is 10.6 Å². The second-order valence-electron chi connectivity index (χ2n) is 3.82. The van der Waals surface area contributed by atoms with Gasteiger partial charge < -0.3 is 9.84 Å². The molecule has 13 heavy (non-hydrogen) atoms. The fourth-order valence-electron chi connectivity index (χ4n) is 1.96. The van der Waals surface area contributed by atoms with Crippen LogP contribution in [0.25, 0.3) is 0 Å². The molecular formula is C9H11BrO3. The van der Waals surface area contributed by atoms with Gasteiger partial charge in [-0.1, -0.05) is 22.0 Å². The minimum absolute atomic E-state index is 0.0000463. The molecule has 1 saturated heterocycles. The lowest BCUT2D eigenvalue weighted by Crippen LogP contribution is -2.50. The third kappa shape index (κ3) is 1.15. The van der Waals surface area contributed by atoms with Crippen LogP contribution in [0.3, 0.4) is 0 Å². The van der Waals surface area contributed by atoms with Gasteiger partial charge in [0.05, 0.1) is 5.41 Å². The Hall–Kier alpha value is -0.350. The molecule has 0 saturated carbocycles. The van der Waals surface area contributed by atoms with E-state index >= 15 is 0 Å². The number of hydrogen-bond acceptors (Lipinski definition) is 3. The van der Waals surface area contributed by atoms with E-state index in [0.29, 0.717) is 0 Å². The fraction of sp³-hybridized carbons (Fsp3) is 0.667. The number of ether oxygens (including phenoxy) is 1. The molecule has 2 heterocycles. The highest BCUT2D eigenvalue weighted by Gasteiger charge is 2.51. The van der Waals surface area contributed by atoms with Gasteiger partial charge in [0.2, 0.25) is 0 Å². The van der Waals surface area contributed by atoms with E-state index in [4.69, 9.17) is 9.84 Å². The molecule has 0 radical (unpaired) electrons. The van der Waals surface area contributed by atoms with Gasteiger partial charge >= 0.3 is 5.97 Å². The Labute approximate surface area is 84.9 Å². The monoisotopic (exact) mass is 246 g/mol. The van der Waals surface area contributed by atoms with Crippen LogP contribution >= 0.6 is 15.9 Å². The van der Waals surface area contributed by atoms with E-state index in [1.165, 1.54) is 0 Å². The molecule has 0 aromatic rings. The van der Waals surface area contributed by atoms with Gasteiger partial charge in [-0.3, -0.25) is 4.79 Å². The summed E-state index contributed by atoms with van der Waals surface area (Å²) in [7, 11) is 0. The predicted molar refractivity (Wildman–Crippen MR) is 50.2 cm³/mol. The Morgan fingerprint density at radius 2 is 2.54 bits per heavy atom. The maximum Gasteiger partial charge on any atom is 0.316 e. The number of carbonyl (C=O) groups is 1. The highest BCUT2D eigenvalue weighted by atomic mass is 79.9. The van der Waals surface area contributed by atoms with Gasteiger partial charge in [0.15, 0.2) is 0 Å². The van der Waals surface area contributed by atoms with Crippen molar-refractivity contribution in [2.24, 2.45) is 11.3 Å². The zero-order chi connectivity index (χ0) is 9.64. The number of aliphatic hydroxyl groups excluding tert-OH is 1. The summed E-state index contributed by atoms with van der Waals surface area (Å²) < 4.78 is 6.10. The van der Waals surface area contributed by atoms with E-state index in [-0.39, 0.29) is 24.6 Å². The molecule has 0 spiro atoms. The molecule has 1 fully saturated rings. The van der Waals surface area contributed by atoms with Crippen molar-refractivity contribution in [3.05, 3.63) is 10.6 Å². The normalized spacial score (nSPS) is 43.0. The standard InChI is InChI=1S/C9H11BrO3/c1-9-3-6(10)7(13-8(9)12)2-5(9)4-11/h3,5,7,11H,2,4H2,1H3/t5-,7+,9+/m0/s1. The van der Waals surface area contributed by atoms with Crippen molar-refractivity contribution in [2.75, 3.05) is 6.61 Å². The lowest BCUT2D eigenvalue weighted by atomic mass is 9.69. The van der Waals surface area contributed by atoms with Crippen LogP contribution in [0.2, 0.25) is 0 Å². The molecule has 0 aromatic carbocycles. The Kier molecular flexibility index (Phi) is 2.00. The first kappa shape index (κ1) is 9.21. The Balaban J connectivity index is 2.42. The third-order valence-corrected chi connectivity index (χ3v) is 3.74. The summed E-state index contributed by atoms with van der Waals surface area (Å²) in [6, 6.07) is 0. The van der Waals surface area contributed by atoms with Crippen LogP contribution in [0, 0.1) is 11.3 Å². The molecule has 2 aliphatic heterocycles. The van der Waals surface area contributed by atoms with E-state index in [1.54, 1.807) is 0 Å². The lowest BCUT2D eigenvalue weighted by Gasteiger charge is -2.44. The van der Waals surface area contributed by atoms with Gasteiger partial charge in [0.1, 0.15) is 6.10 Å². The Bertz CT molecular complexity index is 287. The quantitative estimate of drug-likeness (QED) is 0.708. The second-order valence-corrected chi connectivity index (χ2v) is 4.74. The van der Waals surface area contributed by atoms with E-state index in [0.717, 1.165) is 10.9 Å². The molecule has 4 heteroatoms. The molecule has 1 N–H and O–H groups in total. The van der Waals surface area contributed by atoms with Gasteiger partial charge in [-0.15, -0.1) is 0 Å². The number of carbonyl (C=O) groups excluding carboxylic acids is 1. The topological polar surface area (TPSA) is 46.5 Å². The van der Waals surface area contributed by atoms with Crippen molar-refractivity contribution >= 4 is 21.9 Å². The summed E-state index contributed by atoms with van der Waals surface area (Å²) in [5.41, 5.74) is -0.637. The number of fused-ring (bicyclic) bond motifs is 2. The molecule has 1 aliphatic carbocycles. The molecule has 3 nitrogen and oxygen atoms in total. The first-order valence-corrected chi connectivity index (χ1v) is 5.07. The van der Waals surface area contributed by atoms with Gasteiger partial charge in [-0.2, -0.15) is 0 Å². The average molecular weight is 247 g/mol. The van der Waals surface area contributed by atoms with Crippen molar-refractivity contribution in [1.82, 2.24) is 0 Å². The van der Waals surface area contributed by atoms with E-state index in [2.05, 4.69) is 15.9 Å². The molecular weight excluding hydrogens is 236 g/mol. The van der Waals surface area contributed by atoms with Gasteiger partial charge in [0, 0.05) is 17.0 Å². The van der Waals surface area contributed by atoms with Gasteiger partial charge in [0.25, 0.3) is 0 Å². The zero-order valence-corrected chi connectivity index (χ0v) is 8.87. The average Bonchev–Trinajstić information content (AvgIpc) is 2.07. The fourth-order valence-corrected chi connectivity index (χ4v) is 2.72. The summed E-state index contributed by atoms with van der Waals surface area (Å²) >= 11 is 3.37. The number of halogens is 1. The molecule has 0 unspecified atom stereocenters. The first-order valence-electron chi connectivity index (χ1n) is 4.28. The highest BCUT2D eigenvalue weighted by Crippen LogP contribution is 2.47. The predicted octanol–water partition coefficient (Wildman–Crippen LogP) is 1.21. The van der Waals surface area contributed by atoms with Crippen molar-refractivity contribution < 1.29 is 14.6 Å². The molecule has 3 atom stereocenters. The summed E-state index contributed by atoms with van der Waals surface area (Å²) in [6.45, 7) is 1.85. The minimum Gasteiger partial charge on any atom is -0.456 e. The second kappa shape index (κ2) is 2.82. The van der Waals surface area contributed by atoms with Crippen LogP contribution < -0.4 is 0 Å². The summed E-state index contributed by atoms with van der Waals surface area (Å²) in [6.07, 6.45) is 2.41. The largest absolute Gasteiger partial charge is 0.456 e. The number of esters is 1. The maximum atomic E-state index is 11.5. The van der Waals surface area contributed by atoms with Crippen molar-refractivity contribution in [1.29, 1.82) is 0 Å². The summed E-state index contributed by atoms with van der Waals surface area (Å²) in [5, 5.41) is 9.13.